The zero-order valence-corrected chi connectivity index (χ0v) is 10.1. The van der Waals surface area contributed by atoms with E-state index in [-0.39, 0.29) is 0 Å². The molecule has 1 aliphatic rings. The van der Waals surface area contributed by atoms with Crippen LogP contribution in [-0.4, -0.2) is 47.7 Å². The van der Waals surface area contributed by atoms with Crippen molar-refractivity contribution in [3.05, 3.63) is 0 Å². The number of rotatable bonds is 5. The number of likely N-dealkylation sites (tertiary alicyclic amines) is 1. The van der Waals surface area contributed by atoms with Crippen molar-refractivity contribution in [1.82, 2.24) is 0 Å². The van der Waals surface area contributed by atoms with E-state index in [2.05, 4.69) is 7.05 Å². The number of likely N-dealkylation sites (N-methyl/N-ethyl adjacent to an activating group) is 1. The maximum Gasteiger partial charge on any atom is 0.155 e. The fourth-order valence-corrected chi connectivity index (χ4v) is 2.36. The number of piperidine rings is 1. The highest BCUT2D eigenvalue weighted by Gasteiger charge is 2.24. The minimum Gasteiger partial charge on any atom is -0.324 e. The Bertz CT molecular complexity index is 191. The zero-order valence-electron chi connectivity index (χ0n) is 9.33. The van der Waals surface area contributed by atoms with Gasteiger partial charge >= 0.3 is 0 Å². The van der Waals surface area contributed by atoms with Crippen molar-refractivity contribution in [3.8, 4) is 0 Å². The molecule has 0 aromatic heterocycles. The summed E-state index contributed by atoms with van der Waals surface area (Å²) in [5.41, 5.74) is 0. The second-order valence-corrected chi connectivity index (χ2v) is 5.69. The second kappa shape index (κ2) is 5.83. The van der Waals surface area contributed by atoms with Gasteiger partial charge in [-0.25, -0.2) is 4.21 Å². The van der Waals surface area contributed by atoms with Crippen LogP contribution < -0.4 is 0 Å². The second-order valence-electron chi connectivity index (χ2n) is 4.27. The monoisotopic (exact) mass is 220 g/mol. The first-order chi connectivity index (χ1) is 6.66. The first-order valence-corrected chi connectivity index (χ1v) is 6.76. The van der Waals surface area contributed by atoms with E-state index in [9.17, 15) is 4.21 Å². The van der Waals surface area contributed by atoms with E-state index in [1.165, 1.54) is 32.4 Å². The molecule has 1 unspecified atom stereocenters. The molecule has 0 radical (unpaired) electrons. The summed E-state index contributed by atoms with van der Waals surface area (Å²) < 4.78 is 17.4. The molecule has 1 saturated heterocycles. The van der Waals surface area contributed by atoms with E-state index in [1.54, 1.807) is 0 Å². The van der Waals surface area contributed by atoms with Gasteiger partial charge in [-0.15, -0.1) is 0 Å². The van der Waals surface area contributed by atoms with Crippen LogP contribution in [0.2, 0.25) is 0 Å². The van der Waals surface area contributed by atoms with Crippen molar-refractivity contribution < 1.29 is 12.9 Å². The van der Waals surface area contributed by atoms with Crippen molar-refractivity contribution in [2.24, 2.45) is 0 Å². The van der Waals surface area contributed by atoms with Crippen LogP contribution in [0.25, 0.3) is 0 Å². The van der Waals surface area contributed by atoms with Crippen LogP contribution >= 0.6 is 0 Å². The molecule has 0 N–H and O–H groups in total. The molecule has 0 saturated carbocycles. The van der Waals surface area contributed by atoms with Crippen molar-refractivity contribution in [2.45, 2.75) is 26.2 Å². The molecule has 1 fully saturated rings. The van der Waals surface area contributed by atoms with E-state index < -0.39 is 11.1 Å². The molecular weight excluding hydrogens is 198 g/mol. The van der Waals surface area contributed by atoms with Crippen molar-refractivity contribution in [2.75, 3.05) is 39.0 Å². The normalized spacial score (nSPS) is 23.3. The quantitative estimate of drug-likeness (QED) is 0.653. The van der Waals surface area contributed by atoms with E-state index >= 15 is 0 Å². The lowest BCUT2D eigenvalue weighted by molar-refractivity contribution is -0.914. The predicted molar refractivity (Wildman–Crippen MR) is 59.3 cm³/mol. The summed E-state index contributed by atoms with van der Waals surface area (Å²) in [4.78, 5) is 0. The van der Waals surface area contributed by atoms with Gasteiger partial charge < -0.3 is 4.48 Å². The highest BCUT2D eigenvalue weighted by atomic mass is 32.2. The largest absolute Gasteiger partial charge is 0.324 e. The summed E-state index contributed by atoms with van der Waals surface area (Å²) >= 11 is -1.06. The van der Waals surface area contributed by atoms with Crippen LogP contribution in [0.5, 0.6) is 0 Å². The Kier molecular flexibility index (Phi) is 5.06. The van der Waals surface area contributed by atoms with Crippen molar-refractivity contribution in [1.29, 1.82) is 0 Å². The van der Waals surface area contributed by atoms with Crippen LogP contribution in [0.4, 0.5) is 0 Å². The molecule has 0 amide bonds. The van der Waals surface area contributed by atoms with Gasteiger partial charge in [-0.05, 0) is 19.3 Å². The van der Waals surface area contributed by atoms with E-state index in [0.717, 1.165) is 11.0 Å². The lowest BCUT2D eigenvalue weighted by Crippen LogP contribution is -2.49. The molecule has 0 aromatic carbocycles. The molecule has 0 bridgehead atoms. The molecule has 0 aliphatic carbocycles. The fraction of sp³-hybridized carbons (Fsp3) is 1.00. The summed E-state index contributed by atoms with van der Waals surface area (Å²) in [6.07, 6.45) is 4.02. The SMILES string of the molecule is CCS(=O)OCC[N+]1(C)CCCCC1. The maximum absolute atomic E-state index is 11.0. The summed E-state index contributed by atoms with van der Waals surface area (Å²) in [6.45, 7) is 6.03. The fourth-order valence-electron chi connectivity index (χ4n) is 1.93. The number of quaternary nitrogens is 1. The van der Waals surface area contributed by atoms with Crippen LogP contribution in [0.15, 0.2) is 0 Å². The average molecular weight is 220 g/mol. The minimum absolute atomic E-state index is 0.601. The summed E-state index contributed by atoms with van der Waals surface area (Å²) in [5, 5.41) is 0. The van der Waals surface area contributed by atoms with E-state index in [1.807, 2.05) is 6.92 Å². The van der Waals surface area contributed by atoms with Crippen LogP contribution in [0, 0.1) is 0 Å². The Hall–Kier alpha value is 0.0700. The third-order valence-corrected chi connectivity index (χ3v) is 3.88. The lowest BCUT2D eigenvalue weighted by Gasteiger charge is -2.37. The van der Waals surface area contributed by atoms with E-state index in [0.29, 0.717) is 12.4 Å². The van der Waals surface area contributed by atoms with Crippen LogP contribution in [0.3, 0.4) is 0 Å². The molecule has 0 aromatic rings. The standard InChI is InChI=1S/C10H22NO2S/c1-3-14(12)13-10-9-11(2)7-5-4-6-8-11/h3-10H2,1-2H3/q+1. The molecule has 14 heavy (non-hydrogen) atoms. The van der Waals surface area contributed by atoms with Crippen molar-refractivity contribution in [3.63, 3.8) is 0 Å². The summed E-state index contributed by atoms with van der Waals surface area (Å²) in [6, 6.07) is 0. The Morgan fingerprint density at radius 3 is 2.50 bits per heavy atom. The van der Waals surface area contributed by atoms with Gasteiger partial charge in [0.05, 0.1) is 20.1 Å². The molecule has 1 aliphatic heterocycles. The Morgan fingerprint density at radius 1 is 1.29 bits per heavy atom. The Balaban J connectivity index is 2.18. The third-order valence-electron chi connectivity index (χ3n) is 2.98. The Morgan fingerprint density at radius 2 is 1.93 bits per heavy atom. The van der Waals surface area contributed by atoms with Gasteiger partial charge in [0.2, 0.25) is 0 Å². The van der Waals surface area contributed by atoms with Crippen LogP contribution in [0.1, 0.15) is 26.2 Å². The van der Waals surface area contributed by atoms with Gasteiger partial charge in [-0.2, -0.15) is 0 Å². The highest BCUT2D eigenvalue weighted by molar-refractivity contribution is 7.80. The first kappa shape index (κ1) is 12.1. The average Bonchev–Trinajstić information content (AvgIpc) is 2.18. The molecule has 4 heteroatoms. The maximum atomic E-state index is 11.0. The predicted octanol–water partition coefficient (Wildman–Crippen LogP) is 1.32. The third kappa shape index (κ3) is 4.07. The number of nitrogens with zero attached hydrogens (tertiary/aromatic N) is 1. The van der Waals surface area contributed by atoms with Gasteiger partial charge in [0.25, 0.3) is 0 Å². The van der Waals surface area contributed by atoms with Crippen molar-refractivity contribution >= 4 is 11.1 Å². The molecule has 84 valence electrons. The molecule has 0 spiro atoms. The topological polar surface area (TPSA) is 26.3 Å². The molecule has 1 atom stereocenters. The summed E-state index contributed by atoms with van der Waals surface area (Å²) in [5.74, 6) is 0.601. The van der Waals surface area contributed by atoms with Gasteiger partial charge in [0.15, 0.2) is 11.1 Å². The molecular formula is C10H22NO2S+. The lowest BCUT2D eigenvalue weighted by atomic mass is 10.1. The number of hydrogen-bond acceptors (Lipinski definition) is 2. The molecule has 1 heterocycles. The van der Waals surface area contributed by atoms with E-state index in [4.69, 9.17) is 4.18 Å². The highest BCUT2D eigenvalue weighted by Crippen LogP contribution is 2.15. The van der Waals surface area contributed by atoms with Gasteiger partial charge in [-0.3, -0.25) is 4.18 Å². The minimum atomic E-state index is -1.06. The van der Waals surface area contributed by atoms with Gasteiger partial charge in [0, 0.05) is 5.75 Å². The summed E-state index contributed by atoms with van der Waals surface area (Å²) in [7, 11) is 2.28. The Labute approximate surface area is 89.7 Å². The molecule has 3 nitrogen and oxygen atoms in total. The van der Waals surface area contributed by atoms with Gasteiger partial charge in [0.1, 0.15) is 13.2 Å². The zero-order chi connectivity index (χ0) is 10.4. The smallest absolute Gasteiger partial charge is 0.155 e. The molecule has 1 rings (SSSR count). The van der Waals surface area contributed by atoms with Gasteiger partial charge in [-0.1, -0.05) is 6.92 Å². The number of hydrogen-bond donors (Lipinski definition) is 0. The van der Waals surface area contributed by atoms with Crippen LogP contribution in [-0.2, 0) is 15.3 Å². The first-order valence-electron chi connectivity index (χ1n) is 5.51.